The third kappa shape index (κ3) is 4.80. The highest BCUT2D eigenvalue weighted by molar-refractivity contribution is 6.09. The number of esters is 1. The fourth-order valence-corrected chi connectivity index (χ4v) is 3.01. The lowest BCUT2D eigenvalue weighted by atomic mass is 10.0. The minimum absolute atomic E-state index is 0.0103. The Hall–Kier alpha value is -2.99. The molecule has 3 rings (SSSR count). The zero-order valence-electron chi connectivity index (χ0n) is 15.2. The maximum Gasteiger partial charge on any atom is 0.338 e. The number of rotatable bonds is 5. The first-order chi connectivity index (χ1) is 13.0. The van der Waals surface area contributed by atoms with Gasteiger partial charge in [0.25, 0.3) is 0 Å². The van der Waals surface area contributed by atoms with Gasteiger partial charge in [-0.05, 0) is 49.6 Å². The average Bonchev–Trinajstić information content (AvgIpc) is 3.22. The molecule has 1 saturated heterocycles. The van der Waals surface area contributed by atoms with Gasteiger partial charge in [0.2, 0.25) is 5.91 Å². The van der Waals surface area contributed by atoms with Crippen LogP contribution in [0.1, 0.15) is 39.9 Å². The van der Waals surface area contributed by atoms with Crippen molar-refractivity contribution in [2.24, 2.45) is 0 Å². The van der Waals surface area contributed by atoms with Crippen molar-refractivity contribution in [3.8, 4) is 0 Å². The molecule has 0 aromatic heterocycles. The van der Waals surface area contributed by atoms with Crippen LogP contribution in [0.15, 0.2) is 48.5 Å². The molecule has 6 heteroatoms. The number of carbonyl (C=O) groups excluding carboxylic acids is 2. The predicted octanol–water partition coefficient (Wildman–Crippen LogP) is 2.55. The Morgan fingerprint density at radius 3 is 2.70 bits per heavy atom. The number of amidine groups is 1. The molecule has 1 aliphatic rings. The first-order valence-electron chi connectivity index (χ1n) is 8.99. The Bertz CT molecular complexity index is 843. The molecular formula is C21H23N3O3. The smallest absolute Gasteiger partial charge is 0.338 e. The van der Waals surface area contributed by atoms with Gasteiger partial charge in [-0.1, -0.05) is 36.4 Å². The third-order valence-electron chi connectivity index (χ3n) is 4.58. The van der Waals surface area contributed by atoms with Gasteiger partial charge in [-0.2, -0.15) is 0 Å². The van der Waals surface area contributed by atoms with Crippen molar-refractivity contribution in [1.82, 2.24) is 10.6 Å². The fraction of sp³-hybridized carbons (Fsp3) is 0.286. The molecule has 0 bridgehead atoms. The number of aryl methyl sites for hydroxylation is 1. The van der Waals surface area contributed by atoms with Crippen LogP contribution in [0.4, 0.5) is 0 Å². The van der Waals surface area contributed by atoms with E-state index < -0.39 is 5.97 Å². The van der Waals surface area contributed by atoms with Crippen LogP contribution in [0.25, 0.3) is 0 Å². The summed E-state index contributed by atoms with van der Waals surface area (Å²) in [5.41, 5.74) is 2.57. The van der Waals surface area contributed by atoms with E-state index in [1.54, 1.807) is 18.2 Å². The summed E-state index contributed by atoms with van der Waals surface area (Å²) in [7, 11) is 0. The lowest BCUT2D eigenvalue weighted by Gasteiger charge is -2.14. The van der Waals surface area contributed by atoms with Crippen LogP contribution in [0.5, 0.6) is 0 Å². The van der Waals surface area contributed by atoms with Crippen LogP contribution in [0, 0.1) is 12.3 Å². The molecule has 0 saturated carbocycles. The maximum atomic E-state index is 12.3. The predicted molar refractivity (Wildman–Crippen MR) is 103 cm³/mol. The maximum absolute atomic E-state index is 12.3. The summed E-state index contributed by atoms with van der Waals surface area (Å²) in [5, 5.41) is 14.0. The highest BCUT2D eigenvalue weighted by Crippen LogP contribution is 2.14. The lowest BCUT2D eigenvalue weighted by molar-refractivity contribution is -0.121. The van der Waals surface area contributed by atoms with Gasteiger partial charge in [0.15, 0.2) is 0 Å². The van der Waals surface area contributed by atoms with Gasteiger partial charge >= 0.3 is 5.97 Å². The zero-order valence-corrected chi connectivity index (χ0v) is 15.2. The second-order valence-electron chi connectivity index (χ2n) is 6.60. The molecule has 0 radical (unpaired) electrons. The summed E-state index contributed by atoms with van der Waals surface area (Å²) in [4.78, 5) is 24.6. The van der Waals surface area contributed by atoms with Gasteiger partial charge < -0.3 is 15.4 Å². The van der Waals surface area contributed by atoms with Crippen LogP contribution >= 0.6 is 0 Å². The normalized spacial score (nSPS) is 16.0. The SMILES string of the molecule is Cc1ccc(C(=O)OCc2ccccc2)cc1C(=N)NC(=O)[C@@H]1CCCN1. The second kappa shape index (κ2) is 8.60. The van der Waals surface area contributed by atoms with Gasteiger partial charge in [0, 0.05) is 5.56 Å². The van der Waals surface area contributed by atoms with E-state index in [9.17, 15) is 9.59 Å². The molecule has 3 N–H and O–H groups in total. The van der Waals surface area contributed by atoms with Crippen molar-refractivity contribution in [3.63, 3.8) is 0 Å². The van der Waals surface area contributed by atoms with E-state index in [0.29, 0.717) is 11.1 Å². The minimum Gasteiger partial charge on any atom is -0.457 e. The van der Waals surface area contributed by atoms with Crippen LogP contribution in [0.3, 0.4) is 0 Å². The molecular weight excluding hydrogens is 342 g/mol. The standard InChI is InChI=1S/C21H23N3O3/c1-14-9-10-16(21(26)27-13-15-6-3-2-4-7-15)12-17(14)19(22)24-20(25)18-8-5-11-23-18/h2-4,6-7,9-10,12,18,23H,5,8,11,13H2,1H3,(H2,22,24,25)/t18-/m0/s1. The topological polar surface area (TPSA) is 91.3 Å². The first kappa shape index (κ1) is 18.8. The van der Waals surface area contributed by atoms with E-state index in [0.717, 1.165) is 30.5 Å². The van der Waals surface area contributed by atoms with Gasteiger partial charge in [-0.25, -0.2) is 4.79 Å². The molecule has 1 fully saturated rings. The Kier molecular flexibility index (Phi) is 5.98. The summed E-state index contributed by atoms with van der Waals surface area (Å²) in [6, 6.07) is 14.2. The summed E-state index contributed by atoms with van der Waals surface area (Å²) < 4.78 is 5.34. The van der Waals surface area contributed by atoms with Crippen molar-refractivity contribution in [2.75, 3.05) is 6.54 Å². The van der Waals surface area contributed by atoms with Gasteiger partial charge in [0.05, 0.1) is 11.6 Å². The van der Waals surface area contributed by atoms with E-state index in [1.165, 1.54) is 0 Å². The summed E-state index contributed by atoms with van der Waals surface area (Å²) >= 11 is 0. The van der Waals surface area contributed by atoms with E-state index in [4.69, 9.17) is 10.1 Å². The molecule has 0 unspecified atom stereocenters. The highest BCUT2D eigenvalue weighted by atomic mass is 16.5. The Morgan fingerprint density at radius 1 is 1.22 bits per heavy atom. The number of hydrogen-bond donors (Lipinski definition) is 3. The van der Waals surface area contributed by atoms with Gasteiger partial charge in [-0.15, -0.1) is 0 Å². The second-order valence-corrected chi connectivity index (χ2v) is 6.60. The third-order valence-corrected chi connectivity index (χ3v) is 4.58. The van der Waals surface area contributed by atoms with Gasteiger partial charge in [0.1, 0.15) is 12.4 Å². The van der Waals surface area contributed by atoms with Crippen molar-refractivity contribution in [1.29, 1.82) is 5.41 Å². The Balaban J connectivity index is 1.66. The first-order valence-corrected chi connectivity index (χ1v) is 8.99. The Labute approximate surface area is 158 Å². The fourth-order valence-electron chi connectivity index (χ4n) is 3.01. The lowest BCUT2D eigenvalue weighted by Crippen LogP contribution is -2.43. The molecule has 1 heterocycles. The molecule has 140 valence electrons. The van der Waals surface area contributed by atoms with E-state index in [2.05, 4.69) is 10.6 Å². The average molecular weight is 365 g/mol. The number of amides is 1. The molecule has 27 heavy (non-hydrogen) atoms. The molecule has 1 amide bonds. The number of nitrogens with one attached hydrogen (secondary N) is 3. The molecule has 0 aliphatic carbocycles. The molecule has 1 aliphatic heterocycles. The molecule has 2 aromatic carbocycles. The van der Waals surface area contributed by atoms with Gasteiger partial charge in [-0.3, -0.25) is 10.2 Å². The molecule has 1 atom stereocenters. The van der Waals surface area contributed by atoms with Crippen LogP contribution < -0.4 is 10.6 Å². The van der Waals surface area contributed by atoms with E-state index >= 15 is 0 Å². The number of carbonyl (C=O) groups is 2. The summed E-state index contributed by atoms with van der Waals surface area (Å²) in [6.07, 6.45) is 1.72. The number of benzene rings is 2. The largest absolute Gasteiger partial charge is 0.457 e. The highest BCUT2D eigenvalue weighted by Gasteiger charge is 2.23. The molecule has 2 aromatic rings. The van der Waals surface area contributed by atoms with Crippen molar-refractivity contribution >= 4 is 17.7 Å². The Morgan fingerprint density at radius 2 is 2.00 bits per heavy atom. The number of hydrogen-bond acceptors (Lipinski definition) is 5. The van der Waals surface area contributed by atoms with Crippen LogP contribution in [-0.2, 0) is 16.1 Å². The number of ether oxygens (including phenoxy) is 1. The molecule has 6 nitrogen and oxygen atoms in total. The summed E-state index contributed by atoms with van der Waals surface area (Å²) in [5.74, 6) is -0.686. The van der Waals surface area contributed by atoms with Crippen molar-refractivity contribution < 1.29 is 14.3 Å². The quantitative estimate of drug-likeness (QED) is 0.431. The minimum atomic E-state index is -0.461. The van der Waals surface area contributed by atoms with Crippen molar-refractivity contribution in [3.05, 3.63) is 70.8 Å². The van der Waals surface area contributed by atoms with Crippen LogP contribution in [0.2, 0.25) is 0 Å². The summed E-state index contributed by atoms with van der Waals surface area (Å²) in [6.45, 7) is 2.83. The van der Waals surface area contributed by atoms with E-state index in [1.807, 2.05) is 37.3 Å². The molecule has 0 spiro atoms. The zero-order chi connectivity index (χ0) is 19.2. The van der Waals surface area contributed by atoms with Crippen molar-refractivity contribution in [2.45, 2.75) is 32.4 Å². The van der Waals surface area contributed by atoms with Crippen LogP contribution in [-0.4, -0.2) is 30.3 Å². The monoisotopic (exact) mass is 365 g/mol. The van der Waals surface area contributed by atoms with E-state index in [-0.39, 0.29) is 24.4 Å².